The van der Waals surface area contributed by atoms with Crippen LogP contribution in [0.5, 0.6) is 5.75 Å². The molecule has 4 rings (SSSR count). The third-order valence-electron chi connectivity index (χ3n) is 5.42. The van der Waals surface area contributed by atoms with Crippen LogP contribution in [0.3, 0.4) is 0 Å². The van der Waals surface area contributed by atoms with E-state index in [9.17, 15) is 18.3 Å². The van der Waals surface area contributed by atoms with Gasteiger partial charge >= 0.3 is 0 Å². The smallest absolute Gasteiger partial charge is 0.256 e. The number of nitrogens with zero attached hydrogens (tertiary/aromatic N) is 1. The molecule has 0 bridgehead atoms. The lowest BCUT2D eigenvalue weighted by Gasteiger charge is -2.17. The Balaban J connectivity index is 1.59. The highest BCUT2D eigenvalue weighted by atomic mass is 32.2. The van der Waals surface area contributed by atoms with Crippen molar-refractivity contribution < 1.29 is 18.3 Å². The van der Waals surface area contributed by atoms with Gasteiger partial charge in [-0.15, -0.1) is 0 Å². The van der Waals surface area contributed by atoms with E-state index in [4.69, 9.17) is 0 Å². The van der Waals surface area contributed by atoms with Crippen LogP contribution in [-0.2, 0) is 16.4 Å². The molecular weight excluding hydrogens is 412 g/mol. The van der Waals surface area contributed by atoms with Gasteiger partial charge in [-0.05, 0) is 54.7 Å². The zero-order chi connectivity index (χ0) is 21.8. The number of carbonyl (C=O) groups is 1. The predicted molar refractivity (Wildman–Crippen MR) is 120 cm³/mol. The van der Waals surface area contributed by atoms with Crippen LogP contribution in [0.25, 0.3) is 0 Å². The predicted octanol–water partition coefficient (Wildman–Crippen LogP) is 4.02. The number of phenols is 1. The number of amides is 1. The topological polar surface area (TPSA) is 86.7 Å². The second-order valence-electron chi connectivity index (χ2n) is 7.56. The fraction of sp³-hybridized carbons (Fsp3) is 0.208. The van der Waals surface area contributed by atoms with Crippen LogP contribution < -0.4 is 5.32 Å². The van der Waals surface area contributed by atoms with Gasteiger partial charge in [-0.25, -0.2) is 8.42 Å². The van der Waals surface area contributed by atoms with Crippen molar-refractivity contribution in [3.8, 4) is 5.75 Å². The fourth-order valence-corrected chi connectivity index (χ4v) is 5.30. The van der Waals surface area contributed by atoms with Crippen LogP contribution in [0, 0.1) is 0 Å². The lowest BCUT2D eigenvalue weighted by Crippen LogP contribution is -2.28. The van der Waals surface area contributed by atoms with Crippen LogP contribution in [0.15, 0.2) is 77.7 Å². The van der Waals surface area contributed by atoms with Crippen molar-refractivity contribution in [2.24, 2.45) is 0 Å². The van der Waals surface area contributed by atoms with Crippen molar-refractivity contribution in [3.05, 3.63) is 89.5 Å². The molecule has 3 aromatic carbocycles. The summed E-state index contributed by atoms with van der Waals surface area (Å²) in [7, 11) is -3.66. The van der Waals surface area contributed by atoms with Crippen LogP contribution in [0.4, 0.5) is 5.69 Å². The number of sulfonamides is 1. The maximum Gasteiger partial charge on any atom is 0.256 e. The standard InChI is InChI=1S/C24H24N2O4S/c27-23-13-12-20(31(29,30)26-14-6-7-15-26)17-22(23)25-24(28)21-11-5-4-10-19(21)16-18-8-2-1-3-9-18/h1-5,8-13,17,27H,6-7,14-16H2,(H,25,28). The average molecular weight is 437 g/mol. The van der Waals surface area contributed by atoms with E-state index in [-0.39, 0.29) is 16.3 Å². The van der Waals surface area contributed by atoms with Gasteiger partial charge in [0.15, 0.2) is 0 Å². The third kappa shape index (κ3) is 4.62. The molecule has 0 aliphatic carbocycles. The van der Waals surface area contributed by atoms with Crippen molar-refractivity contribution in [2.75, 3.05) is 18.4 Å². The molecule has 0 aromatic heterocycles. The number of hydrogen-bond donors (Lipinski definition) is 2. The summed E-state index contributed by atoms with van der Waals surface area (Å²) >= 11 is 0. The summed E-state index contributed by atoms with van der Waals surface area (Å²) in [6.45, 7) is 0.968. The third-order valence-corrected chi connectivity index (χ3v) is 7.31. The summed E-state index contributed by atoms with van der Waals surface area (Å²) in [5.41, 5.74) is 2.45. The molecule has 1 saturated heterocycles. The molecular formula is C24H24N2O4S. The number of benzene rings is 3. The van der Waals surface area contributed by atoms with Gasteiger partial charge in [0, 0.05) is 18.7 Å². The summed E-state index contributed by atoms with van der Waals surface area (Å²) in [6.07, 6.45) is 2.25. The summed E-state index contributed by atoms with van der Waals surface area (Å²) in [4.78, 5) is 13.1. The minimum Gasteiger partial charge on any atom is -0.506 e. The Kier molecular flexibility index (Phi) is 6.06. The Morgan fingerprint density at radius 3 is 2.35 bits per heavy atom. The van der Waals surface area contributed by atoms with E-state index in [1.165, 1.54) is 22.5 Å². The highest BCUT2D eigenvalue weighted by molar-refractivity contribution is 7.89. The molecule has 2 N–H and O–H groups in total. The van der Waals surface area contributed by atoms with Gasteiger partial charge in [-0.1, -0.05) is 48.5 Å². The van der Waals surface area contributed by atoms with Gasteiger partial charge in [0.25, 0.3) is 5.91 Å². The largest absolute Gasteiger partial charge is 0.506 e. The zero-order valence-corrected chi connectivity index (χ0v) is 17.8. The van der Waals surface area contributed by atoms with Gasteiger partial charge in [0.05, 0.1) is 10.6 Å². The number of rotatable bonds is 6. The molecule has 1 aliphatic heterocycles. The van der Waals surface area contributed by atoms with Crippen LogP contribution in [0.2, 0.25) is 0 Å². The number of phenolic OH excluding ortho intramolecular Hbond substituents is 1. The Morgan fingerprint density at radius 1 is 0.935 bits per heavy atom. The lowest BCUT2D eigenvalue weighted by atomic mass is 9.99. The van der Waals surface area contributed by atoms with Crippen molar-refractivity contribution >= 4 is 21.6 Å². The zero-order valence-electron chi connectivity index (χ0n) is 17.0. The van der Waals surface area contributed by atoms with E-state index in [0.717, 1.165) is 24.0 Å². The number of hydrogen-bond acceptors (Lipinski definition) is 4. The molecule has 7 heteroatoms. The molecule has 160 valence electrons. The van der Waals surface area contributed by atoms with Gasteiger partial charge in [0.2, 0.25) is 10.0 Å². The van der Waals surface area contributed by atoms with E-state index in [2.05, 4.69) is 5.32 Å². The van der Waals surface area contributed by atoms with E-state index < -0.39 is 15.9 Å². The molecule has 1 heterocycles. The minimum absolute atomic E-state index is 0.0556. The number of carbonyl (C=O) groups excluding carboxylic acids is 1. The molecule has 0 saturated carbocycles. The second-order valence-corrected chi connectivity index (χ2v) is 9.50. The Bertz CT molecular complexity index is 1190. The molecule has 0 radical (unpaired) electrons. The summed E-state index contributed by atoms with van der Waals surface area (Å²) < 4.78 is 27.1. The first-order valence-electron chi connectivity index (χ1n) is 10.2. The first-order valence-corrected chi connectivity index (χ1v) is 11.7. The highest BCUT2D eigenvalue weighted by Crippen LogP contribution is 2.30. The van der Waals surface area contributed by atoms with Crippen molar-refractivity contribution in [1.82, 2.24) is 4.31 Å². The lowest BCUT2D eigenvalue weighted by molar-refractivity contribution is 0.102. The second kappa shape index (κ2) is 8.91. The minimum atomic E-state index is -3.66. The Morgan fingerprint density at radius 2 is 1.61 bits per heavy atom. The maximum absolute atomic E-state index is 13.0. The molecule has 0 atom stereocenters. The van der Waals surface area contributed by atoms with E-state index in [0.29, 0.717) is 25.1 Å². The molecule has 31 heavy (non-hydrogen) atoms. The van der Waals surface area contributed by atoms with Crippen molar-refractivity contribution in [3.63, 3.8) is 0 Å². The number of nitrogens with one attached hydrogen (secondary N) is 1. The molecule has 1 fully saturated rings. The summed E-state index contributed by atoms with van der Waals surface area (Å²) in [5, 5.41) is 12.9. The average Bonchev–Trinajstić information content (AvgIpc) is 3.32. The van der Waals surface area contributed by atoms with Crippen LogP contribution in [0.1, 0.15) is 34.3 Å². The van der Waals surface area contributed by atoms with E-state index in [1.54, 1.807) is 12.1 Å². The summed E-state index contributed by atoms with van der Waals surface area (Å²) in [5.74, 6) is -0.591. The van der Waals surface area contributed by atoms with E-state index in [1.807, 2.05) is 42.5 Å². The van der Waals surface area contributed by atoms with Gasteiger partial charge in [-0.3, -0.25) is 4.79 Å². The highest BCUT2D eigenvalue weighted by Gasteiger charge is 2.28. The Labute approximate surface area is 182 Å². The molecule has 1 amide bonds. The van der Waals surface area contributed by atoms with Gasteiger partial charge < -0.3 is 10.4 Å². The van der Waals surface area contributed by atoms with Crippen molar-refractivity contribution in [2.45, 2.75) is 24.2 Å². The number of anilines is 1. The monoisotopic (exact) mass is 436 g/mol. The molecule has 1 aliphatic rings. The number of aromatic hydroxyl groups is 1. The molecule has 6 nitrogen and oxygen atoms in total. The van der Waals surface area contributed by atoms with Crippen molar-refractivity contribution in [1.29, 1.82) is 0 Å². The molecule has 3 aromatic rings. The Hall–Kier alpha value is -3.16. The van der Waals surface area contributed by atoms with Crippen LogP contribution in [-0.4, -0.2) is 36.8 Å². The SMILES string of the molecule is O=C(Nc1cc(S(=O)(=O)N2CCCC2)ccc1O)c1ccccc1Cc1ccccc1. The van der Waals surface area contributed by atoms with E-state index >= 15 is 0 Å². The first-order chi connectivity index (χ1) is 14.9. The first kappa shape index (κ1) is 21.1. The normalized spacial score (nSPS) is 14.5. The molecule has 0 unspecified atom stereocenters. The summed E-state index contributed by atoms with van der Waals surface area (Å²) in [6, 6.07) is 21.1. The maximum atomic E-state index is 13.0. The van der Waals surface area contributed by atoms with Gasteiger partial charge in [0.1, 0.15) is 5.75 Å². The quantitative estimate of drug-likeness (QED) is 0.572. The fourth-order valence-electron chi connectivity index (χ4n) is 3.75. The van der Waals surface area contributed by atoms with Crippen LogP contribution >= 0.6 is 0 Å². The molecule has 0 spiro atoms. The van der Waals surface area contributed by atoms with Gasteiger partial charge in [-0.2, -0.15) is 4.31 Å².